The normalized spacial score (nSPS) is 10.0. The first kappa shape index (κ1) is 16.6. The first-order valence-corrected chi connectivity index (χ1v) is 7.24. The molecule has 5 nitrogen and oxygen atoms in total. The van der Waals surface area contributed by atoms with Crippen molar-refractivity contribution in [1.29, 1.82) is 0 Å². The van der Waals surface area contributed by atoms with Gasteiger partial charge in [0.2, 0.25) is 0 Å². The quantitative estimate of drug-likeness (QED) is 0.790. The number of halogens is 1. The van der Waals surface area contributed by atoms with Gasteiger partial charge in [-0.3, -0.25) is 0 Å². The van der Waals surface area contributed by atoms with E-state index in [2.05, 4.69) is 5.32 Å². The van der Waals surface area contributed by atoms with Crippen LogP contribution < -0.4 is 14.8 Å². The molecule has 0 fully saturated rings. The maximum atomic E-state index is 12.8. The summed E-state index contributed by atoms with van der Waals surface area (Å²) in [6, 6.07) is 12.8. The molecule has 0 aliphatic heterocycles. The number of carbonyl (C=O) groups is 1. The molecule has 0 spiro atoms. The fourth-order valence-corrected chi connectivity index (χ4v) is 1.75. The zero-order valence-electron chi connectivity index (χ0n) is 12.8. The van der Waals surface area contributed by atoms with Crippen molar-refractivity contribution in [1.82, 2.24) is 5.32 Å². The molecule has 0 heterocycles. The van der Waals surface area contributed by atoms with E-state index in [1.54, 1.807) is 43.3 Å². The van der Waals surface area contributed by atoms with Gasteiger partial charge in [-0.05, 0) is 55.5 Å². The molecule has 0 bridgehead atoms. The van der Waals surface area contributed by atoms with Crippen LogP contribution in [0.4, 0.5) is 9.18 Å². The molecule has 1 N–H and O–H groups in total. The molecule has 2 aromatic rings. The van der Waals surface area contributed by atoms with Gasteiger partial charge in [0.05, 0.1) is 13.2 Å². The minimum atomic E-state index is -0.459. The van der Waals surface area contributed by atoms with Gasteiger partial charge in [0.1, 0.15) is 29.7 Å². The molecule has 122 valence electrons. The SMILES string of the molecule is CCOC(=O)NCCOc1ccc(Oc2ccc(F)cc2)cc1. The molecule has 0 unspecified atom stereocenters. The summed E-state index contributed by atoms with van der Waals surface area (Å²) in [5.41, 5.74) is 0. The second kappa shape index (κ2) is 8.63. The molecule has 6 heteroatoms. The van der Waals surface area contributed by atoms with E-state index < -0.39 is 6.09 Å². The Labute approximate surface area is 134 Å². The third-order valence-electron chi connectivity index (χ3n) is 2.79. The summed E-state index contributed by atoms with van der Waals surface area (Å²) < 4.78 is 28.6. The number of rotatable bonds is 7. The van der Waals surface area contributed by atoms with Gasteiger partial charge < -0.3 is 19.5 Å². The van der Waals surface area contributed by atoms with E-state index in [4.69, 9.17) is 14.2 Å². The van der Waals surface area contributed by atoms with Crippen LogP contribution in [-0.4, -0.2) is 25.9 Å². The van der Waals surface area contributed by atoms with Crippen molar-refractivity contribution in [2.75, 3.05) is 19.8 Å². The molecule has 0 radical (unpaired) electrons. The average Bonchev–Trinajstić information content (AvgIpc) is 2.55. The van der Waals surface area contributed by atoms with Crippen molar-refractivity contribution in [2.24, 2.45) is 0 Å². The van der Waals surface area contributed by atoms with Crippen LogP contribution in [-0.2, 0) is 4.74 Å². The maximum absolute atomic E-state index is 12.8. The minimum Gasteiger partial charge on any atom is -0.492 e. The van der Waals surface area contributed by atoms with Crippen molar-refractivity contribution in [3.63, 3.8) is 0 Å². The third kappa shape index (κ3) is 5.86. The molecular formula is C17H18FNO4. The van der Waals surface area contributed by atoms with Crippen LogP contribution in [0, 0.1) is 5.82 Å². The molecule has 1 amide bonds. The minimum absolute atomic E-state index is 0.308. The summed E-state index contributed by atoms with van der Waals surface area (Å²) >= 11 is 0. The number of nitrogens with one attached hydrogen (secondary N) is 1. The van der Waals surface area contributed by atoms with Crippen molar-refractivity contribution in [3.05, 3.63) is 54.3 Å². The van der Waals surface area contributed by atoms with E-state index in [9.17, 15) is 9.18 Å². The molecule has 0 aliphatic carbocycles. The van der Waals surface area contributed by atoms with Gasteiger partial charge in [0, 0.05) is 0 Å². The van der Waals surface area contributed by atoms with Crippen molar-refractivity contribution in [3.8, 4) is 17.2 Å². The Balaban J connectivity index is 1.76. The predicted molar refractivity (Wildman–Crippen MR) is 83.4 cm³/mol. The van der Waals surface area contributed by atoms with Gasteiger partial charge in [-0.1, -0.05) is 0 Å². The lowest BCUT2D eigenvalue weighted by Crippen LogP contribution is -2.28. The Morgan fingerprint density at radius 2 is 1.57 bits per heavy atom. The van der Waals surface area contributed by atoms with Gasteiger partial charge in [-0.25, -0.2) is 9.18 Å². The van der Waals surface area contributed by atoms with Gasteiger partial charge in [-0.15, -0.1) is 0 Å². The zero-order chi connectivity index (χ0) is 16.5. The summed E-state index contributed by atoms with van der Waals surface area (Å²) in [7, 11) is 0. The Bertz CT molecular complexity index is 613. The average molecular weight is 319 g/mol. The third-order valence-corrected chi connectivity index (χ3v) is 2.79. The maximum Gasteiger partial charge on any atom is 0.407 e. The summed E-state index contributed by atoms with van der Waals surface area (Å²) in [6.45, 7) is 2.76. The molecule has 0 saturated heterocycles. The highest BCUT2D eigenvalue weighted by Gasteiger charge is 2.01. The van der Waals surface area contributed by atoms with E-state index in [0.717, 1.165) is 0 Å². The molecule has 0 aromatic heterocycles. The van der Waals surface area contributed by atoms with Crippen LogP contribution in [0.2, 0.25) is 0 Å². The second-order valence-electron chi connectivity index (χ2n) is 4.52. The van der Waals surface area contributed by atoms with Crippen LogP contribution in [0.1, 0.15) is 6.92 Å². The Morgan fingerprint density at radius 3 is 2.17 bits per heavy atom. The summed E-state index contributed by atoms with van der Waals surface area (Å²) in [5.74, 6) is 1.52. The van der Waals surface area contributed by atoms with Crippen LogP contribution in [0.5, 0.6) is 17.2 Å². The van der Waals surface area contributed by atoms with E-state index in [-0.39, 0.29) is 5.82 Å². The van der Waals surface area contributed by atoms with Gasteiger partial charge >= 0.3 is 6.09 Å². The fourth-order valence-electron chi connectivity index (χ4n) is 1.75. The fraction of sp³-hybridized carbons (Fsp3) is 0.235. The van der Waals surface area contributed by atoms with Crippen LogP contribution in [0.25, 0.3) is 0 Å². The van der Waals surface area contributed by atoms with Crippen molar-refractivity contribution >= 4 is 6.09 Å². The summed E-state index contributed by atoms with van der Waals surface area (Å²) in [5, 5.41) is 2.56. The highest BCUT2D eigenvalue weighted by molar-refractivity contribution is 5.66. The molecule has 0 aliphatic rings. The first-order valence-electron chi connectivity index (χ1n) is 7.24. The van der Waals surface area contributed by atoms with Gasteiger partial charge in [0.25, 0.3) is 0 Å². The number of amides is 1. The predicted octanol–water partition coefficient (Wildman–Crippen LogP) is 3.74. The number of carbonyl (C=O) groups excluding carboxylic acids is 1. The lowest BCUT2D eigenvalue weighted by Gasteiger charge is -2.09. The number of hydrogen-bond donors (Lipinski definition) is 1. The Morgan fingerprint density at radius 1 is 1.00 bits per heavy atom. The van der Waals surface area contributed by atoms with Gasteiger partial charge in [0.15, 0.2) is 0 Å². The molecule has 23 heavy (non-hydrogen) atoms. The van der Waals surface area contributed by atoms with Gasteiger partial charge in [-0.2, -0.15) is 0 Å². The smallest absolute Gasteiger partial charge is 0.407 e. The van der Waals surface area contributed by atoms with Crippen LogP contribution in [0.3, 0.4) is 0 Å². The zero-order valence-corrected chi connectivity index (χ0v) is 12.8. The van der Waals surface area contributed by atoms with Crippen molar-refractivity contribution in [2.45, 2.75) is 6.92 Å². The van der Waals surface area contributed by atoms with Crippen LogP contribution in [0.15, 0.2) is 48.5 Å². The lowest BCUT2D eigenvalue weighted by atomic mass is 10.3. The Kier molecular flexibility index (Phi) is 6.23. The second-order valence-corrected chi connectivity index (χ2v) is 4.52. The summed E-state index contributed by atoms with van der Waals surface area (Å²) in [4.78, 5) is 11.1. The number of benzene rings is 2. The van der Waals surface area contributed by atoms with E-state index >= 15 is 0 Å². The molecular weight excluding hydrogens is 301 g/mol. The standard InChI is InChI=1S/C17H18FNO4/c1-2-21-17(20)19-11-12-22-14-7-9-16(10-8-14)23-15-5-3-13(18)4-6-15/h3-10H,2,11-12H2,1H3,(H,19,20). The molecule has 0 saturated carbocycles. The Hall–Kier alpha value is -2.76. The highest BCUT2D eigenvalue weighted by atomic mass is 19.1. The van der Waals surface area contributed by atoms with Crippen LogP contribution >= 0.6 is 0 Å². The topological polar surface area (TPSA) is 56.8 Å². The number of alkyl carbamates (subject to hydrolysis) is 1. The molecule has 0 atom stereocenters. The molecule has 2 aromatic carbocycles. The number of ether oxygens (including phenoxy) is 3. The largest absolute Gasteiger partial charge is 0.492 e. The van der Waals surface area contributed by atoms with E-state index in [1.807, 2.05) is 0 Å². The monoisotopic (exact) mass is 319 g/mol. The highest BCUT2D eigenvalue weighted by Crippen LogP contribution is 2.23. The van der Waals surface area contributed by atoms with E-state index in [1.165, 1.54) is 12.1 Å². The number of hydrogen-bond acceptors (Lipinski definition) is 4. The first-order chi connectivity index (χ1) is 11.2. The van der Waals surface area contributed by atoms with Crippen molar-refractivity contribution < 1.29 is 23.4 Å². The van der Waals surface area contributed by atoms with E-state index in [0.29, 0.717) is 37.0 Å². The summed E-state index contributed by atoms with van der Waals surface area (Å²) in [6.07, 6.45) is -0.459. The molecule has 2 rings (SSSR count). The lowest BCUT2D eigenvalue weighted by molar-refractivity contribution is 0.150.